The third-order valence-electron chi connectivity index (χ3n) is 3.21. The first-order valence-corrected chi connectivity index (χ1v) is 7.34. The van der Waals surface area contributed by atoms with Crippen LogP contribution in [0.2, 0.25) is 10.0 Å². The zero-order valence-corrected chi connectivity index (χ0v) is 13.3. The molecule has 2 N–H and O–H groups in total. The van der Waals surface area contributed by atoms with Gasteiger partial charge in [-0.15, -0.1) is 0 Å². The monoisotopic (exact) mass is 340 g/mol. The summed E-state index contributed by atoms with van der Waals surface area (Å²) in [6, 6.07) is 5.08. The van der Waals surface area contributed by atoms with Crippen LogP contribution in [-0.2, 0) is 9.59 Å². The van der Waals surface area contributed by atoms with Gasteiger partial charge in [-0.05, 0) is 25.5 Å². The van der Waals surface area contributed by atoms with Gasteiger partial charge in [-0.25, -0.2) is 10.9 Å². The highest BCUT2D eigenvalue weighted by Gasteiger charge is 2.26. The predicted molar refractivity (Wildman–Crippen MR) is 86.2 cm³/mol. The Bertz CT molecular complexity index is 638. The maximum absolute atomic E-state index is 11.7. The molecule has 1 unspecified atom stereocenters. The Balaban J connectivity index is 1.84. The zero-order valence-electron chi connectivity index (χ0n) is 11.8. The van der Waals surface area contributed by atoms with Gasteiger partial charge in [-0.2, -0.15) is 10.2 Å². The molecule has 0 spiro atoms. The summed E-state index contributed by atoms with van der Waals surface area (Å²) in [5, 5.41) is 8.54. The van der Waals surface area contributed by atoms with Crippen molar-refractivity contribution in [1.82, 2.24) is 10.9 Å². The Kier molecular flexibility index (Phi) is 5.51. The lowest BCUT2D eigenvalue weighted by molar-refractivity contribution is -0.123. The highest BCUT2D eigenvalue weighted by Crippen LogP contribution is 2.22. The number of halogens is 2. The fourth-order valence-electron chi connectivity index (χ4n) is 1.96. The van der Waals surface area contributed by atoms with E-state index in [0.717, 1.165) is 0 Å². The normalized spacial score (nSPS) is 17.5. The molecule has 116 valence electrons. The van der Waals surface area contributed by atoms with Crippen LogP contribution >= 0.6 is 23.2 Å². The van der Waals surface area contributed by atoms with Crippen molar-refractivity contribution in [3.8, 4) is 0 Å². The standard InChI is InChI=1S/C14H14Cl2N4O2/c1-8-9(14(22)20-18-8)5-6-13(21)19-17-7-10-11(15)3-2-4-12(10)16/h2-4,7,9H,5-6H2,1H3,(H,19,21)(H,20,22)/b17-7+. The molecule has 8 heteroatoms. The molecule has 0 bridgehead atoms. The second-order valence-corrected chi connectivity index (χ2v) is 5.56. The molecule has 2 rings (SSSR count). The number of hydrogen-bond acceptors (Lipinski definition) is 4. The van der Waals surface area contributed by atoms with Crippen LogP contribution in [0.4, 0.5) is 0 Å². The minimum atomic E-state index is -0.354. The number of carbonyl (C=O) groups is 2. The first-order valence-electron chi connectivity index (χ1n) is 6.59. The van der Waals surface area contributed by atoms with E-state index in [1.807, 2.05) is 0 Å². The summed E-state index contributed by atoms with van der Waals surface area (Å²) in [7, 11) is 0. The van der Waals surface area contributed by atoms with Crippen molar-refractivity contribution in [2.45, 2.75) is 19.8 Å². The number of benzene rings is 1. The van der Waals surface area contributed by atoms with Crippen molar-refractivity contribution < 1.29 is 9.59 Å². The topological polar surface area (TPSA) is 82.9 Å². The molecule has 0 saturated heterocycles. The van der Waals surface area contributed by atoms with E-state index in [9.17, 15) is 9.59 Å². The molecule has 1 aromatic rings. The molecule has 2 amide bonds. The zero-order chi connectivity index (χ0) is 16.1. The second-order valence-electron chi connectivity index (χ2n) is 4.75. The Labute approximate surface area is 137 Å². The van der Waals surface area contributed by atoms with E-state index in [4.69, 9.17) is 23.2 Å². The van der Waals surface area contributed by atoms with Gasteiger partial charge in [0.1, 0.15) is 0 Å². The van der Waals surface area contributed by atoms with Crippen LogP contribution in [0.5, 0.6) is 0 Å². The van der Waals surface area contributed by atoms with Crippen LogP contribution in [0, 0.1) is 5.92 Å². The number of nitrogens with one attached hydrogen (secondary N) is 2. The number of amides is 2. The lowest BCUT2D eigenvalue weighted by atomic mass is 9.99. The Morgan fingerprint density at radius 3 is 2.73 bits per heavy atom. The second kappa shape index (κ2) is 7.38. The van der Waals surface area contributed by atoms with Gasteiger partial charge in [0, 0.05) is 17.7 Å². The summed E-state index contributed by atoms with van der Waals surface area (Å²) in [6.45, 7) is 1.75. The molecule has 1 atom stereocenters. The fraction of sp³-hybridized carbons (Fsp3) is 0.286. The summed E-state index contributed by atoms with van der Waals surface area (Å²) >= 11 is 12.0. The van der Waals surface area contributed by atoms with Crippen molar-refractivity contribution in [2.24, 2.45) is 16.1 Å². The van der Waals surface area contributed by atoms with Crippen LogP contribution in [0.15, 0.2) is 28.4 Å². The third-order valence-corrected chi connectivity index (χ3v) is 3.87. The molecule has 1 heterocycles. The summed E-state index contributed by atoms with van der Waals surface area (Å²) in [5.41, 5.74) is 5.98. The average molecular weight is 341 g/mol. The van der Waals surface area contributed by atoms with Gasteiger partial charge in [0.05, 0.1) is 22.2 Å². The lowest BCUT2D eigenvalue weighted by Crippen LogP contribution is -2.25. The number of carbonyl (C=O) groups excluding carboxylic acids is 2. The van der Waals surface area contributed by atoms with Crippen molar-refractivity contribution >= 4 is 46.9 Å². The van der Waals surface area contributed by atoms with E-state index in [0.29, 0.717) is 27.7 Å². The number of hydrogen-bond donors (Lipinski definition) is 2. The van der Waals surface area contributed by atoms with Crippen LogP contribution < -0.4 is 10.9 Å². The minimum Gasteiger partial charge on any atom is -0.273 e. The van der Waals surface area contributed by atoms with E-state index >= 15 is 0 Å². The Hall–Kier alpha value is -1.92. The largest absolute Gasteiger partial charge is 0.273 e. The molecule has 1 aromatic carbocycles. The molecule has 0 aliphatic carbocycles. The quantitative estimate of drug-likeness (QED) is 0.637. The van der Waals surface area contributed by atoms with Crippen LogP contribution in [-0.4, -0.2) is 23.7 Å². The van der Waals surface area contributed by atoms with Gasteiger partial charge in [0.25, 0.3) is 0 Å². The first-order chi connectivity index (χ1) is 10.5. The van der Waals surface area contributed by atoms with E-state index in [1.165, 1.54) is 6.21 Å². The summed E-state index contributed by atoms with van der Waals surface area (Å²) in [4.78, 5) is 23.2. The number of nitrogens with zero attached hydrogens (tertiary/aromatic N) is 2. The van der Waals surface area contributed by atoms with Gasteiger partial charge < -0.3 is 0 Å². The SMILES string of the molecule is CC1=NNC(=O)C1CCC(=O)N/N=C/c1c(Cl)cccc1Cl. The third kappa shape index (κ3) is 4.05. The molecular weight excluding hydrogens is 327 g/mol. The Morgan fingerprint density at radius 2 is 2.14 bits per heavy atom. The van der Waals surface area contributed by atoms with Gasteiger partial charge in [-0.1, -0.05) is 29.3 Å². The number of rotatable bonds is 5. The van der Waals surface area contributed by atoms with E-state index < -0.39 is 0 Å². The van der Waals surface area contributed by atoms with Crippen molar-refractivity contribution in [3.05, 3.63) is 33.8 Å². The molecule has 6 nitrogen and oxygen atoms in total. The predicted octanol–water partition coefficient (Wildman–Crippen LogP) is 2.35. The van der Waals surface area contributed by atoms with Gasteiger partial charge in [0.2, 0.25) is 11.8 Å². The molecule has 0 radical (unpaired) electrons. The minimum absolute atomic E-state index is 0.165. The van der Waals surface area contributed by atoms with E-state index in [1.54, 1.807) is 25.1 Å². The summed E-state index contributed by atoms with van der Waals surface area (Å²) in [5.74, 6) is -0.837. The molecule has 1 aliphatic heterocycles. The van der Waals surface area contributed by atoms with Crippen molar-refractivity contribution in [2.75, 3.05) is 0 Å². The maximum atomic E-state index is 11.7. The van der Waals surface area contributed by atoms with Crippen LogP contribution in [0.1, 0.15) is 25.3 Å². The molecule has 0 aromatic heterocycles. The van der Waals surface area contributed by atoms with E-state index in [2.05, 4.69) is 21.1 Å². The highest BCUT2D eigenvalue weighted by atomic mass is 35.5. The van der Waals surface area contributed by atoms with Crippen molar-refractivity contribution in [1.29, 1.82) is 0 Å². The smallest absolute Gasteiger partial charge is 0.248 e. The van der Waals surface area contributed by atoms with Crippen molar-refractivity contribution in [3.63, 3.8) is 0 Å². The molecule has 0 saturated carbocycles. The Morgan fingerprint density at radius 1 is 1.45 bits per heavy atom. The van der Waals surface area contributed by atoms with Gasteiger partial charge >= 0.3 is 0 Å². The van der Waals surface area contributed by atoms with E-state index in [-0.39, 0.29) is 24.2 Å². The maximum Gasteiger partial charge on any atom is 0.248 e. The van der Waals surface area contributed by atoms with Crippen LogP contribution in [0.25, 0.3) is 0 Å². The first kappa shape index (κ1) is 16.5. The lowest BCUT2D eigenvalue weighted by Gasteiger charge is -2.06. The molecule has 22 heavy (non-hydrogen) atoms. The van der Waals surface area contributed by atoms with Gasteiger partial charge in [0.15, 0.2) is 0 Å². The van der Waals surface area contributed by atoms with Gasteiger partial charge in [-0.3, -0.25) is 9.59 Å². The highest BCUT2D eigenvalue weighted by molar-refractivity contribution is 6.38. The fourth-order valence-corrected chi connectivity index (χ4v) is 2.46. The molecule has 1 aliphatic rings. The molecular formula is C14H14Cl2N4O2. The number of hydrazone groups is 2. The summed E-state index contributed by atoms with van der Waals surface area (Å²) < 4.78 is 0. The summed E-state index contributed by atoms with van der Waals surface area (Å²) in [6.07, 6.45) is 1.94. The van der Waals surface area contributed by atoms with Crippen LogP contribution in [0.3, 0.4) is 0 Å². The molecule has 0 fully saturated rings. The average Bonchev–Trinajstić information content (AvgIpc) is 2.79.